The van der Waals surface area contributed by atoms with E-state index in [1.54, 1.807) is 19.2 Å². The van der Waals surface area contributed by atoms with Gasteiger partial charge in [-0.15, -0.1) is 0 Å². The van der Waals surface area contributed by atoms with Crippen molar-refractivity contribution in [2.75, 3.05) is 14.2 Å². The second-order valence-electron chi connectivity index (χ2n) is 3.75. The number of hydrogen-bond acceptors (Lipinski definition) is 4. The van der Waals surface area contributed by atoms with Crippen molar-refractivity contribution in [1.29, 1.82) is 0 Å². The molecule has 0 fully saturated rings. The van der Waals surface area contributed by atoms with Crippen molar-refractivity contribution in [3.05, 3.63) is 29.8 Å². The lowest BCUT2D eigenvalue weighted by Crippen LogP contribution is -2.38. The van der Waals surface area contributed by atoms with Crippen LogP contribution in [0.4, 0.5) is 0 Å². The van der Waals surface area contributed by atoms with Crippen LogP contribution in [0.1, 0.15) is 12.5 Å². The maximum Gasteiger partial charge on any atom is 0.337 e. The third-order valence-corrected chi connectivity index (χ3v) is 2.35. The standard InChI is InChI=1S/C12H16O4/c1-12(14,11(13)16-3)8-9-6-4-5-7-10(9)15-2/h4-7,14H,8H2,1-3H3/t12-/m0/s1. The smallest absolute Gasteiger partial charge is 0.337 e. The highest BCUT2D eigenvalue weighted by Crippen LogP contribution is 2.23. The molecule has 4 nitrogen and oxygen atoms in total. The zero-order valence-electron chi connectivity index (χ0n) is 9.69. The molecule has 0 saturated carbocycles. The first-order valence-electron chi connectivity index (χ1n) is 4.94. The quantitative estimate of drug-likeness (QED) is 0.780. The van der Waals surface area contributed by atoms with Crippen LogP contribution in [-0.2, 0) is 16.0 Å². The predicted molar refractivity (Wildman–Crippen MR) is 59.3 cm³/mol. The first-order valence-corrected chi connectivity index (χ1v) is 4.94. The van der Waals surface area contributed by atoms with Crippen molar-refractivity contribution in [3.8, 4) is 5.75 Å². The molecule has 0 aliphatic carbocycles. The number of ether oxygens (including phenoxy) is 2. The highest BCUT2D eigenvalue weighted by Gasteiger charge is 2.32. The van der Waals surface area contributed by atoms with Gasteiger partial charge >= 0.3 is 5.97 Å². The van der Waals surface area contributed by atoms with Crippen molar-refractivity contribution in [2.24, 2.45) is 0 Å². The fraction of sp³-hybridized carbons (Fsp3) is 0.417. The first kappa shape index (κ1) is 12.5. The highest BCUT2D eigenvalue weighted by molar-refractivity contribution is 5.79. The summed E-state index contributed by atoms with van der Waals surface area (Å²) < 4.78 is 9.67. The number of aliphatic hydroxyl groups is 1. The van der Waals surface area contributed by atoms with E-state index >= 15 is 0 Å². The van der Waals surface area contributed by atoms with Crippen molar-refractivity contribution in [2.45, 2.75) is 18.9 Å². The summed E-state index contributed by atoms with van der Waals surface area (Å²) in [6.07, 6.45) is 0.156. The normalized spacial score (nSPS) is 14.0. The number of rotatable bonds is 4. The van der Waals surface area contributed by atoms with E-state index in [2.05, 4.69) is 4.74 Å². The Kier molecular flexibility index (Phi) is 3.90. The molecule has 1 rings (SSSR count). The lowest BCUT2D eigenvalue weighted by atomic mass is 9.96. The van der Waals surface area contributed by atoms with Gasteiger partial charge in [-0.2, -0.15) is 0 Å². The minimum absolute atomic E-state index is 0.156. The lowest BCUT2D eigenvalue weighted by Gasteiger charge is -2.21. The van der Waals surface area contributed by atoms with Gasteiger partial charge in [0.1, 0.15) is 5.75 Å². The number of esters is 1. The van der Waals surface area contributed by atoms with Gasteiger partial charge in [0.25, 0.3) is 0 Å². The van der Waals surface area contributed by atoms with Gasteiger partial charge in [0.15, 0.2) is 5.60 Å². The van der Waals surface area contributed by atoms with E-state index in [0.717, 1.165) is 5.56 Å². The molecule has 1 aromatic rings. The fourth-order valence-electron chi connectivity index (χ4n) is 1.51. The van der Waals surface area contributed by atoms with Crippen molar-refractivity contribution in [3.63, 3.8) is 0 Å². The van der Waals surface area contributed by atoms with Crippen LogP contribution in [-0.4, -0.2) is 30.9 Å². The van der Waals surface area contributed by atoms with Crippen LogP contribution in [0, 0.1) is 0 Å². The SMILES string of the molecule is COC(=O)[C@@](C)(O)Cc1ccccc1OC. The third-order valence-electron chi connectivity index (χ3n) is 2.35. The van der Waals surface area contributed by atoms with E-state index in [0.29, 0.717) is 5.75 Å². The molecule has 0 bridgehead atoms. The Balaban J connectivity index is 2.91. The largest absolute Gasteiger partial charge is 0.496 e. The molecule has 0 saturated heterocycles. The van der Waals surface area contributed by atoms with E-state index in [1.807, 2.05) is 12.1 Å². The molecule has 0 unspecified atom stereocenters. The van der Waals surface area contributed by atoms with Gasteiger partial charge < -0.3 is 14.6 Å². The van der Waals surface area contributed by atoms with E-state index < -0.39 is 11.6 Å². The van der Waals surface area contributed by atoms with Crippen LogP contribution in [0.15, 0.2) is 24.3 Å². The van der Waals surface area contributed by atoms with Crippen molar-refractivity contribution < 1.29 is 19.4 Å². The fourth-order valence-corrected chi connectivity index (χ4v) is 1.51. The molecule has 1 N–H and O–H groups in total. The van der Waals surface area contributed by atoms with Crippen molar-refractivity contribution >= 4 is 5.97 Å². The van der Waals surface area contributed by atoms with Gasteiger partial charge in [0, 0.05) is 6.42 Å². The van der Waals surface area contributed by atoms with Gasteiger partial charge in [-0.3, -0.25) is 0 Å². The van der Waals surface area contributed by atoms with Crippen LogP contribution in [0.3, 0.4) is 0 Å². The molecule has 0 amide bonds. The molecule has 16 heavy (non-hydrogen) atoms. The summed E-state index contributed by atoms with van der Waals surface area (Å²) in [4.78, 5) is 11.3. The first-order chi connectivity index (χ1) is 7.51. The summed E-state index contributed by atoms with van der Waals surface area (Å²) in [6, 6.07) is 7.24. The highest BCUT2D eigenvalue weighted by atomic mass is 16.5. The topological polar surface area (TPSA) is 55.8 Å². The molecular weight excluding hydrogens is 208 g/mol. The van der Waals surface area contributed by atoms with E-state index in [1.165, 1.54) is 14.0 Å². The van der Waals surface area contributed by atoms with Crippen LogP contribution >= 0.6 is 0 Å². The van der Waals surface area contributed by atoms with Gasteiger partial charge in [-0.25, -0.2) is 4.79 Å². The molecule has 0 radical (unpaired) electrons. The number of hydrogen-bond donors (Lipinski definition) is 1. The average molecular weight is 224 g/mol. The zero-order valence-corrected chi connectivity index (χ0v) is 9.69. The van der Waals surface area contributed by atoms with E-state index in [-0.39, 0.29) is 6.42 Å². The van der Waals surface area contributed by atoms with Crippen molar-refractivity contribution in [1.82, 2.24) is 0 Å². The second-order valence-corrected chi connectivity index (χ2v) is 3.75. The summed E-state index contributed by atoms with van der Waals surface area (Å²) >= 11 is 0. The summed E-state index contributed by atoms with van der Waals surface area (Å²) in [7, 11) is 2.80. The maximum absolute atomic E-state index is 11.3. The molecule has 1 atom stereocenters. The number of para-hydroxylation sites is 1. The Morgan fingerprint density at radius 1 is 1.38 bits per heavy atom. The lowest BCUT2D eigenvalue weighted by molar-refractivity contribution is -0.160. The Morgan fingerprint density at radius 2 is 2.00 bits per heavy atom. The van der Waals surface area contributed by atoms with Gasteiger partial charge in [0.2, 0.25) is 0 Å². The van der Waals surface area contributed by atoms with Gasteiger partial charge in [-0.05, 0) is 18.6 Å². The van der Waals surface area contributed by atoms with Gasteiger partial charge in [-0.1, -0.05) is 18.2 Å². The monoisotopic (exact) mass is 224 g/mol. The zero-order chi connectivity index (χ0) is 12.2. The number of carbonyl (C=O) groups excluding carboxylic acids is 1. The summed E-state index contributed by atoms with van der Waals surface area (Å²) in [5.74, 6) is -0.00918. The van der Waals surface area contributed by atoms with Crippen LogP contribution in [0.5, 0.6) is 5.75 Å². The molecule has 88 valence electrons. The Morgan fingerprint density at radius 3 is 2.56 bits per heavy atom. The minimum atomic E-state index is -1.54. The molecule has 0 aliphatic rings. The average Bonchev–Trinajstić information content (AvgIpc) is 2.28. The van der Waals surface area contributed by atoms with Crippen LogP contribution < -0.4 is 4.74 Å². The van der Waals surface area contributed by atoms with E-state index in [9.17, 15) is 9.90 Å². The summed E-state index contributed by atoms with van der Waals surface area (Å²) in [6.45, 7) is 1.42. The molecule has 0 aliphatic heterocycles. The summed E-state index contributed by atoms with van der Waals surface area (Å²) in [5.41, 5.74) is -0.774. The molecule has 0 spiro atoms. The molecule has 4 heteroatoms. The number of benzene rings is 1. The second kappa shape index (κ2) is 4.99. The Hall–Kier alpha value is -1.55. The molecule has 0 aromatic heterocycles. The van der Waals surface area contributed by atoms with Crippen LogP contribution in [0.25, 0.3) is 0 Å². The Bertz CT molecular complexity index is 371. The number of carbonyl (C=O) groups is 1. The predicted octanol–water partition coefficient (Wildman–Crippen LogP) is 1.16. The van der Waals surface area contributed by atoms with Gasteiger partial charge in [0.05, 0.1) is 14.2 Å². The maximum atomic E-state index is 11.3. The number of methoxy groups -OCH3 is 2. The molecular formula is C12H16O4. The van der Waals surface area contributed by atoms with Crippen LogP contribution in [0.2, 0.25) is 0 Å². The van der Waals surface area contributed by atoms with E-state index in [4.69, 9.17) is 4.74 Å². The molecule has 1 aromatic carbocycles. The minimum Gasteiger partial charge on any atom is -0.496 e. The molecule has 0 heterocycles. The summed E-state index contributed by atoms with van der Waals surface area (Å²) in [5, 5.41) is 9.93. The Labute approximate surface area is 94.8 Å². The third kappa shape index (κ3) is 2.73.